The number of nitrogens with two attached hydrogens (primary N) is 1. The molecule has 0 amide bonds. The minimum absolute atomic E-state index is 0. The van der Waals surface area contributed by atoms with Gasteiger partial charge in [-0.15, -0.1) is 24.0 Å². The molecule has 168 valence electrons. The second-order valence-corrected chi connectivity index (χ2v) is 7.64. The number of ether oxygens (including phenoxy) is 3. The van der Waals surface area contributed by atoms with E-state index >= 15 is 0 Å². The van der Waals surface area contributed by atoms with Crippen LogP contribution in [0.3, 0.4) is 0 Å². The number of rotatable bonds is 6. The predicted octanol–water partition coefficient (Wildman–Crippen LogP) is 3.11. The van der Waals surface area contributed by atoms with Crippen LogP contribution in [0, 0.1) is 0 Å². The molecule has 1 atom stereocenters. The van der Waals surface area contributed by atoms with E-state index in [4.69, 9.17) is 19.9 Å². The van der Waals surface area contributed by atoms with E-state index in [1.807, 2.05) is 18.2 Å². The Hall–Kier alpha value is -2.20. The molecule has 0 fully saturated rings. The van der Waals surface area contributed by atoms with Crippen molar-refractivity contribution in [2.75, 3.05) is 40.5 Å². The number of hydrogen-bond donors (Lipinski definition) is 2. The minimum atomic E-state index is 0. The highest BCUT2D eigenvalue weighted by atomic mass is 127. The van der Waals surface area contributed by atoms with Gasteiger partial charge in [-0.05, 0) is 35.7 Å². The van der Waals surface area contributed by atoms with Gasteiger partial charge in [-0.2, -0.15) is 0 Å². The molecule has 2 aliphatic heterocycles. The Bertz CT molecular complexity index is 922. The number of methoxy groups -OCH3 is 2. The number of benzene rings is 2. The number of guanidine groups is 1. The quantitative estimate of drug-likeness (QED) is 0.335. The van der Waals surface area contributed by atoms with Crippen LogP contribution in [0.25, 0.3) is 0 Å². The first-order valence-electron chi connectivity index (χ1n) is 10.4. The van der Waals surface area contributed by atoms with Crippen molar-refractivity contribution in [2.24, 2.45) is 10.7 Å². The lowest BCUT2D eigenvalue weighted by Gasteiger charge is -2.29. The molecule has 2 aromatic rings. The van der Waals surface area contributed by atoms with Crippen LogP contribution in [-0.2, 0) is 13.0 Å². The lowest BCUT2D eigenvalue weighted by molar-refractivity contribution is 0.258. The second kappa shape index (κ2) is 10.9. The van der Waals surface area contributed by atoms with Gasteiger partial charge in [0.1, 0.15) is 5.75 Å². The number of aliphatic imine (C=N–C) groups is 1. The van der Waals surface area contributed by atoms with Crippen LogP contribution in [0.15, 0.2) is 41.4 Å². The first-order chi connectivity index (χ1) is 14.7. The first-order valence-corrected chi connectivity index (χ1v) is 10.4. The largest absolute Gasteiger partial charge is 0.493 e. The van der Waals surface area contributed by atoms with Crippen LogP contribution >= 0.6 is 24.0 Å². The molecule has 2 aromatic carbocycles. The summed E-state index contributed by atoms with van der Waals surface area (Å²) in [5.74, 6) is 2.98. The second-order valence-electron chi connectivity index (χ2n) is 7.64. The molecule has 0 spiro atoms. The van der Waals surface area contributed by atoms with Crippen LogP contribution in [0.1, 0.15) is 29.2 Å². The Morgan fingerprint density at radius 2 is 1.94 bits per heavy atom. The topological polar surface area (TPSA) is 81.3 Å². The van der Waals surface area contributed by atoms with Crippen molar-refractivity contribution in [3.8, 4) is 17.2 Å². The number of para-hydroxylation sites is 1. The summed E-state index contributed by atoms with van der Waals surface area (Å²) in [6, 6.07) is 12.4. The molecule has 31 heavy (non-hydrogen) atoms. The SMILES string of the molecule is COc1cc2c(cc1OC)CN(CCN=C(N)NC1CCOc3ccccc31)CC2.I. The molecule has 7 nitrogen and oxygen atoms in total. The number of halogens is 1. The van der Waals surface area contributed by atoms with Gasteiger partial charge in [0.2, 0.25) is 0 Å². The highest BCUT2D eigenvalue weighted by Crippen LogP contribution is 2.33. The fourth-order valence-electron chi connectivity index (χ4n) is 4.16. The fraction of sp³-hybridized carbons (Fsp3) is 0.435. The van der Waals surface area contributed by atoms with Crippen molar-refractivity contribution in [1.82, 2.24) is 10.2 Å². The van der Waals surface area contributed by atoms with Gasteiger partial charge in [-0.3, -0.25) is 9.89 Å². The third-order valence-corrected chi connectivity index (χ3v) is 5.78. The number of fused-ring (bicyclic) bond motifs is 2. The zero-order valence-corrected chi connectivity index (χ0v) is 20.4. The van der Waals surface area contributed by atoms with Gasteiger partial charge in [0.25, 0.3) is 0 Å². The summed E-state index contributed by atoms with van der Waals surface area (Å²) in [7, 11) is 3.35. The van der Waals surface area contributed by atoms with E-state index in [1.54, 1.807) is 14.2 Å². The maximum atomic E-state index is 6.17. The standard InChI is InChI=1S/C23H30N4O3.HI/c1-28-21-13-16-7-10-27(15-17(16)14-22(21)29-2)11-9-25-23(24)26-19-8-12-30-20-6-4-3-5-18(19)20;/h3-6,13-14,19H,7-12,15H2,1-2H3,(H3,24,25,26);1H. The summed E-state index contributed by atoms with van der Waals surface area (Å²) in [6.45, 7) is 4.08. The molecule has 2 heterocycles. The maximum absolute atomic E-state index is 6.17. The molecule has 3 N–H and O–H groups in total. The zero-order valence-electron chi connectivity index (χ0n) is 18.1. The average Bonchev–Trinajstić information content (AvgIpc) is 2.78. The minimum Gasteiger partial charge on any atom is -0.493 e. The summed E-state index contributed by atoms with van der Waals surface area (Å²) in [6.07, 6.45) is 1.87. The zero-order chi connectivity index (χ0) is 20.9. The third kappa shape index (κ3) is 5.54. The summed E-state index contributed by atoms with van der Waals surface area (Å²) >= 11 is 0. The van der Waals surface area contributed by atoms with Crippen molar-refractivity contribution >= 4 is 29.9 Å². The van der Waals surface area contributed by atoms with E-state index in [0.29, 0.717) is 19.1 Å². The highest BCUT2D eigenvalue weighted by Gasteiger charge is 2.22. The molecular weight excluding hydrogens is 507 g/mol. The van der Waals surface area contributed by atoms with Crippen molar-refractivity contribution < 1.29 is 14.2 Å². The lowest BCUT2D eigenvalue weighted by Crippen LogP contribution is -2.38. The fourth-order valence-corrected chi connectivity index (χ4v) is 4.16. The summed E-state index contributed by atoms with van der Waals surface area (Å²) in [5, 5.41) is 3.35. The van der Waals surface area contributed by atoms with E-state index in [0.717, 1.165) is 55.3 Å². The first kappa shape index (κ1) is 23.5. The molecule has 4 rings (SSSR count). The van der Waals surface area contributed by atoms with Crippen molar-refractivity contribution in [3.05, 3.63) is 53.1 Å². The van der Waals surface area contributed by atoms with Crippen LogP contribution in [0.2, 0.25) is 0 Å². The molecule has 0 bridgehead atoms. The number of hydrogen-bond acceptors (Lipinski definition) is 5. The Balaban J connectivity index is 0.00000272. The smallest absolute Gasteiger partial charge is 0.189 e. The molecule has 0 radical (unpaired) electrons. The van der Waals surface area contributed by atoms with E-state index in [-0.39, 0.29) is 30.0 Å². The lowest BCUT2D eigenvalue weighted by atomic mass is 9.99. The van der Waals surface area contributed by atoms with Gasteiger partial charge < -0.3 is 25.3 Å². The Labute approximate surface area is 201 Å². The Morgan fingerprint density at radius 1 is 1.19 bits per heavy atom. The molecule has 0 saturated carbocycles. The van der Waals surface area contributed by atoms with Crippen molar-refractivity contribution in [3.63, 3.8) is 0 Å². The van der Waals surface area contributed by atoms with Crippen molar-refractivity contribution in [1.29, 1.82) is 0 Å². The van der Waals surface area contributed by atoms with E-state index in [9.17, 15) is 0 Å². The maximum Gasteiger partial charge on any atom is 0.189 e. The van der Waals surface area contributed by atoms with E-state index < -0.39 is 0 Å². The molecule has 8 heteroatoms. The Kier molecular flexibility index (Phi) is 8.25. The van der Waals surface area contributed by atoms with Crippen LogP contribution in [0.5, 0.6) is 17.2 Å². The summed E-state index contributed by atoms with van der Waals surface area (Å²) in [4.78, 5) is 6.96. The predicted molar refractivity (Wildman–Crippen MR) is 133 cm³/mol. The van der Waals surface area contributed by atoms with Crippen LogP contribution in [0.4, 0.5) is 0 Å². The molecule has 0 aliphatic carbocycles. The normalized spacial score (nSPS) is 18.1. The number of nitrogens with one attached hydrogen (secondary N) is 1. The average molecular weight is 538 g/mol. The molecule has 0 saturated heterocycles. The van der Waals surface area contributed by atoms with Gasteiger partial charge in [-0.25, -0.2) is 0 Å². The number of nitrogens with zero attached hydrogens (tertiary/aromatic N) is 2. The van der Waals surface area contributed by atoms with Gasteiger partial charge in [0.15, 0.2) is 17.5 Å². The molecule has 2 aliphatic rings. The van der Waals surface area contributed by atoms with Gasteiger partial charge >= 0.3 is 0 Å². The van der Waals surface area contributed by atoms with Gasteiger partial charge in [-0.1, -0.05) is 18.2 Å². The van der Waals surface area contributed by atoms with Crippen LogP contribution in [-0.4, -0.2) is 51.3 Å². The molecular formula is C23H31IN4O3. The summed E-state index contributed by atoms with van der Waals surface area (Å²) < 4.78 is 16.6. The van der Waals surface area contributed by atoms with Crippen LogP contribution < -0.4 is 25.3 Å². The third-order valence-electron chi connectivity index (χ3n) is 5.78. The van der Waals surface area contributed by atoms with Gasteiger partial charge in [0.05, 0.1) is 33.4 Å². The molecule has 0 aromatic heterocycles. The monoisotopic (exact) mass is 538 g/mol. The van der Waals surface area contributed by atoms with Crippen molar-refractivity contribution in [2.45, 2.75) is 25.4 Å². The van der Waals surface area contributed by atoms with E-state index in [1.165, 1.54) is 11.1 Å². The van der Waals surface area contributed by atoms with E-state index in [2.05, 4.69) is 33.4 Å². The molecule has 1 unspecified atom stereocenters. The highest BCUT2D eigenvalue weighted by molar-refractivity contribution is 14.0. The Morgan fingerprint density at radius 3 is 2.71 bits per heavy atom. The summed E-state index contributed by atoms with van der Waals surface area (Å²) in [5.41, 5.74) is 9.92. The van der Waals surface area contributed by atoms with Gasteiger partial charge in [0, 0.05) is 31.6 Å².